The molecule has 0 aliphatic rings. The summed E-state index contributed by atoms with van der Waals surface area (Å²) in [7, 11) is 0. The molecule has 138 valence electrons. The highest BCUT2D eigenvalue weighted by Crippen LogP contribution is 2.30. The van der Waals surface area contributed by atoms with E-state index in [0.717, 1.165) is 16.7 Å². The minimum Gasteiger partial charge on any atom is -0.336 e. The number of aromatic amines is 1. The van der Waals surface area contributed by atoms with Crippen LogP contribution in [0.3, 0.4) is 0 Å². The van der Waals surface area contributed by atoms with Crippen LogP contribution in [0.2, 0.25) is 0 Å². The number of rotatable bonds is 6. The van der Waals surface area contributed by atoms with Crippen LogP contribution in [0, 0.1) is 0 Å². The number of pyridine rings is 4. The SMILES string of the molecule is O=c1[nH]cccc1Nc1ncccc1CC(c1cccnc1)c1cccnc1. The second kappa shape index (κ2) is 8.26. The molecule has 0 spiro atoms. The monoisotopic (exact) mass is 369 g/mol. The van der Waals surface area contributed by atoms with E-state index in [9.17, 15) is 4.79 Å². The number of nitrogens with zero attached hydrogens (tertiary/aromatic N) is 3. The van der Waals surface area contributed by atoms with E-state index in [4.69, 9.17) is 0 Å². The van der Waals surface area contributed by atoms with Crippen molar-refractivity contribution in [2.24, 2.45) is 0 Å². The van der Waals surface area contributed by atoms with Gasteiger partial charge in [0.15, 0.2) is 0 Å². The van der Waals surface area contributed by atoms with Gasteiger partial charge in [0.2, 0.25) is 0 Å². The van der Waals surface area contributed by atoms with Crippen molar-refractivity contribution in [3.8, 4) is 0 Å². The first kappa shape index (κ1) is 17.6. The van der Waals surface area contributed by atoms with Gasteiger partial charge in [-0.05, 0) is 53.4 Å². The van der Waals surface area contributed by atoms with Crippen LogP contribution in [-0.2, 0) is 6.42 Å². The second-order valence-electron chi connectivity index (χ2n) is 6.38. The van der Waals surface area contributed by atoms with E-state index >= 15 is 0 Å². The molecular weight excluding hydrogens is 350 g/mol. The van der Waals surface area contributed by atoms with E-state index in [2.05, 4.69) is 37.4 Å². The zero-order chi connectivity index (χ0) is 19.2. The van der Waals surface area contributed by atoms with Crippen LogP contribution in [0.5, 0.6) is 0 Å². The molecule has 28 heavy (non-hydrogen) atoms. The van der Waals surface area contributed by atoms with Crippen LogP contribution in [-0.4, -0.2) is 19.9 Å². The molecule has 4 heterocycles. The third kappa shape index (κ3) is 3.96. The molecule has 0 saturated heterocycles. The van der Waals surface area contributed by atoms with Gasteiger partial charge in [-0.1, -0.05) is 18.2 Å². The highest BCUT2D eigenvalue weighted by Gasteiger charge is 2.18. The molecule has 0 radical (unpaired) electrons. The number of H-pyrrole nitrogens is 1. The normalized spacial score (nSPS) is 10.8. The van der Waals surface area contributed by atoms with Crippen LogP contribution in [0.25, 0.3) is 0 Å². The predicted molar refractivity (Wildman–Crippen MR) is 109 cm³/mol. The van der Waals surface area contributed by atoms with Gasteiger partial charge in [0.25, 0.3) is 5.56 Å². The van der Waals surface area contributed by atoms with Gasteiger partial charge in [-0.2, -0.15) is 0 Å². The Kier molecular flexibility index (Phi) is 5.20. The minimum absolute atomic E-state index is 0.0706. The summed E-state index contributed by atoms with van der Waals surface area (Å²) in [4.78, 5) is 27.7. The summed E-state index contributed by atoms with van der Waals surface area (Å²) < 4.78 is 0. The van der Waals surface area contributed by atoms with E-state index in [0.29, 0.717) is 17.9 Å². The fraction of sp³-hybridized carbons (Fsp3) is 0.0909. The van der Waals surface area contributed by atoms with Crippen LogP contribution < -0.4 is 10.9 Å². The molecule has 0 unspecified atom stereocenters. The lowest BCUT2D eigenvalue weighted by atomic mass is 9.87. The summed E-state index contributed by atoms with van der Waals surface area (Å²) in [6.07, 6.45) is 11.3. The average Bonchev–Trinajstić information content (AvgIpc) is 2.76. The number of aromatic nitrogens is 4. The first-order valence-corrected chi connectivity index (χ1v) is 9.00. The van der Waals surface area contributed by atoms with Gasteiger partial charge in [-0.15, -0.1) is 0 Å². The van der Waals surface area contributed by atoms with Crippen molar-refractivity contribution in [1.29, 1.82) is 0 Å². The summed E-state index contributed by atoms with van der Waals surface area (Å²) in [6, 6.07) is 15.4. The van der Waals surface area contributed by atoms with Gasteiger partial charge in [-0.25, -0.2) is 4.98 Å². The molecule has 0 aliphatic heterocycles. The fourth-order valence-corrected chi connectivity index (χ4v) is 3.18. The zero-order valence-corrected chi connectivity index (χ0v) is 15.1. The van der Waals surface area contributed by atoms with Crippen molar-refractivity contribution in [2.75, 3.05) is 5.32 Å². The highest BCUT2D eigenvalue weighted by atomic mass is 16.1. The van der Waals surface area contributed by atoms with Crippen LogP contribution in [0.4, 0.5) is 11.5 Å². The van der Waals surface area contributed by atoms with Crippen LogP contribution in [0.15, 0.2) is 90.5 Å². The lowest BCUT2D eigenvalue weighted by Gasteiger charge is -2.19. The molecule has 0 aliphatic carbocycles. The third-order valence-corrected chi connectivity index (χ3v) is 4.56. The van der Waals surface area contributed by atoms with Crippen molar-refractivity contribution in [2.45, 2.75) is 12.3 Å². The Morgan fingerprint density at radius 1 is 0.893 bits per heavy atom. The molecule has 0 bridgehead atoms. The molecule has 0 amide bonds. The van der Waals surface area contributed by atoms with Crippen LogP contribution in [0.1, 0.15) is 22.6 Å². The molecule has 0 atom stereocenters. The smallest absolute Gasteiger partial charge is 0.271 e. The lowest BCUT2D eigenvalue weighted by Crippen LogP contribution is -2.13. The van der Waals surface area contributed by atoms with E-state index in [1.807, 2.05) is 36.7 Å². The predicted octanol–water partition coefficient (Wildman–Crippen LogP) is 3.68. The van der Waals surface area contributed by atoms with Gasteiger partial charge in [-0.3, -0.25) is 14.8 Å². The maximum atomic E-state index is 12.0. The summed E-state index contributed by atoms with van der Waals surface area (Å²) in [5, 5.41) is 3.16. The first-order valence-electron chi connectivity index (χ1n) is 9.00. The van der Waals surface area contributed by atoms with E-state index in [1.165, 1.54) is 0 Å². The van der Waals surface area contributed by atoms with Gasteiger partial charge in [0.05, 0.1) is 0 Å². The zero-order valence-electron chi connectivity index (χ0n) is 15.1. The average molecular weight is 369 g/mol. The Bertz CT molecular complexity index is 1060. The maximum Gasteiger partial charge on any atom is 0.271 e. The quantitative estimate of drug-likeness (QED) is 0.542. The molecule has 4 rings (SSSR count). The maximum absolute atomic E-state index is 12.0. The van der Waals surface area contributed by atoms with Gasteiger partial charge >= 0.3 is 0 Å². The molecular formula is C22H19N5O. The van der Waals surface area contributed by atoms with E-state index < -0.39 is 0 Å². The Balaban J connectivity index is 1.70. The third-order valence-electron chi connectivity index (χ3n) is 4.56. The fourth-order valence-electron chi connectivity index (χ4n) is 3.18. The number of hydrogen-bond donors (Lipinski definition) is 2. The van der Waals surface area contributed by atoms with Crippen molar-refractivity contribution in [1.82, 2.24) is 19.9 Å². The van der Waals surface area contributed by atoms with Crippen molar-refractivity contribution < 1.29 is 0 Å². The Labute approximate surface area is 162 Å². The van der Waals surface area contributed by atoms with Crippen molar-refractivity contribution >= 4 is 11.5 Å². The first-order chi connectivity index (χ1) is 13.8. The lowest BCUT2D eigenvalue weighted by molar-refractivity contribution is 0.793. The molecule has 4 aromatic heterocycles. The topological polar surface area (TPSA) is 83.6 Å². The molecule has 6 heteroatoms. The Morgan fingerprint density at radius 2 is 1.61 bits per heavy atom. The number of hydrogen-bond acceptors (Lipinski definition) is 5. The molecule has 0 fully saturated rings. The Morgan fingerprint density at radius 3 is 2.25 bits per heavy atom. The van der Waals surface area contributed by atoms with Crippen molar-refractivity contribution in [3.63, 3.8) is 0 Å². The van der Waals surface area contributed by atoms with E-state index in [1.54, 1.807) is 36.9 Å². The van der Waals surface area contributed by atoms with Gasteiger partial charge in [0, 0.05) is 43.1 Å². The summed E-state index contributed by atoms with van der Waals surface area (Å²) in [6.45, 7) is 0. The highest BCUT2D eigenvalue weighted by molar-refractivity contribution is 5.58. The summed E-state index contributed by atoms with van der Waals surface area (Å²) in [5.74, 6) is 0.734. The molecule has 0 aromatic carbocycles. The van der Waals surface area contributed by atoms with Gasteiger partial charge in [0.1, 0.15) is 11.5 Å². The number of anilines is 2. The van der Waals surface area contributed by atoms with E-state index in [-0.39, 0.29) is 11.5 Å². The molecule has 6 nitrogen and oxygen atoms in total. The minimum atomic E-state index is -0.185. The number of nitrogens with one attached hydrogen (secondary N) is 2. The van der Waals surface area contributed by atoms with Gasteiger partial charge < -0.3 is 10.3 Å². The second-order valence-corrected chi connectivity index (χ2v) is 6.38. The van der Waals surface area contributed by atoms with Crippen LogP contribution >= 0.6 is 0 Å². The molecule has 0 saturated carbocycles. The Hall–Kier alpha value is -3.80. The standard InChI is InChI=1S/C22H19N5O/c28-22-20(8-4-12-26-22)27-21-16(5-3-11-25-21)13-19(17-6-1-9-23-14-17)18-7-2-10-24-15-18/h1-12,14-15,19H,13H2,(H,25,27)(H,26,28). The summed E-state index contributed by atoms with van der Waals surface area (Å²) in [5.41, 5.74) is 3.48. The van der Waals surface area contributed by atoms with Crippen molar-refractivity contribution in [3.05, 3.63) is 113 Å². The largest absolute Gasteiger partial charge is 0.336 e. The molecule has 2 N–H and O–H groups in total. The molecule has 4 aromatic rings. The summed E-state index contributed by atoms with van der Waals surface area (Å²) >= 11 is 0.